The largest absolute Gasteiger partial charge is 0.395 e. The fraction of sp³-hybridized carbons (Fsp3) is 0.667. The maximum absolute atomic E-state index is 12.0. The highest BCUT2D eigenvalue weighted by Gasteiger charge is 2.30. The van der Waals surface area contributed by atoms with E-state index in [0.717, 1.165) is 18.5 Å². The van der Waals surface area contributed by atoms with E-state index < -0.39 is 10.8 Å². The van der Waals surface area contributed by atoms with Crippen LogP contribution in [0.3, 0.4) is 0 Å². The van der Waals surface area contributed by atoms with Gasteiger partial charge in [0.1, 0.15) is 0 Å². The molecule has 7 heteroatoms. The van der Waals surface area contributed by atoms with Crippen molar-refractivity contribution in [3.05, 3.63) is 11.4 Å². The number of carbonyl (C=O) groups excluding carboxylic acids is 1. The average Bonchev–Trinajstić information content (AvgIpc) is 3.10. The summed E-state index contributed by atoms with van der Waals surface area (Å²) < 4.78 is 11.0. The van der Waals surface area contributed by atoms with E-state index in [1.165, 1.54) is 0 Å². The molecule has 1 amide bonds. The van der Waals surface area contributed by atoms with Crippen molar-refractivity contribution in [3.63, 3.8) is 0 Å². The predicted octanol–water partition coefficient (Wildman–Crippen LogP) is 0.756. The van der Waals surface area contributed by atoms with Crippen LogP contribution in [0.4, 0.5) is 5.69 Å². The van der Waals surface area contributed by atoms with Gasteiger partial charge in [-0.25, -0.2) is 0 Å². The lowest BCUT2D eigenvalue weighted by molar-refractivity contribution is 0.0935. The van der Waals surface area contributed by atoms with Crippen LogP contribution in [0.25, 0.3) is 0 Å². The summed E-state index contributed by atoms with van der Waals surface area (Å²) in [5, 5.41) is 9.69. The quantitative estimate of drug-likeness (QED) is 0.717. The summed E-state index contributed by atoms with van der Waals surface area (Å²) in [7, 11) is -0.841. The molecule has 1 aromatic rings. The van der Waals surface area contributed by atoms with Crippen LogP contribution in [0.5, 0.6) is 0 Å². The zero-order chi connectivity index (χ0) is 14.0. The van der Waals surface area contributed by atoms with Crippen molar-refractivity contribution in [1.82, 2.24) is 15.5 Å². The summed E-state index contributed by atoms with van der Waals surface area (Å²) in [5.74, 6) is 0.745. The van der Waals surface area contributed by atoms with Crippen LogP contribution >= 0.6 is 0 Å². The fourth-order valence-corrected chi connectivity index (χ4v) is 2.61. The van der Waals surface area contributed by atoms with Crippen molar-refractivity contribution in [2.75, 3.05) is 17.7 Å². The third-order valence-corrected chi connectivity index (χ3v) is 4.06. The minimum Gasteiger partial charge on any atom is -0.395 e. The molecule has 0 saturated heterocycles. The Hall–Kier alpha value is -1.37. The van der Waals surface area contributed by atoms with Crippen molar-refractivity contribution >= 4 is 22.4 Å². The van der Waals surface area contributed by atoms with E-state index in [1.54, 1.807) is 6.26 Å². The zero-order valence-electron chi connectivity index (χ0n) is 11.2. The molecule has 0 bridgehead atoms. The van der Waals surface area contributed by atoms with Crippen LogP contribution in [0, 0.1) is 0 Å². The van der Waals surface area contributed by atoms with E-state index in [1.807, 2.05) is 6.92 Å². The second-order valence-electron chi connectivity index (χ2n) is 5.11. The van der Waals surface area contributed by atoms with Crippen LogP contribution in [-0.4, -0.2) is 38.4 Å². The number of rotatable bonds is 6. The van der Waals surface area contributed by atoms with E-state index in [9.17, 15) is 9.00 Å². The predicted molar refractivity (Wildman–Crippen MR) is 75.5 cm³/mol. The Morgan fingerprint density at radius 2 is 2.32 bits per heavy atom. The Morgan fingerprint density at radius 3 is 2.89 bits per heavy atom. The summed E-state index contributed by atoms with van der Waals surface area (Å²) in [4.78, 5) is 12.0. The molecule has 1 saturated carbocycles. The highest BCUT2D eigenvalue weighted by molar-refractivity contribution is 7.84. The number of amides is 1. The molecule has 1 aliphatic carbocycles. The Labute approximate surface area is 115 Å². The van der Waals surface area contributed by atoms with Gasteiger partial charge in [-0.1, -0.05) is 0 Å². The lowest BCUT2D eigenvalue weighted by Gasteiger charge is -2.12. The normalized spacial score (nSPS) is 18.0. The molecule has 2 atom stereocenters. The molecule has 0 spiro atoms. The zero-order valence-corrected chi connectivity index (χ0v) is 12.0. The van der Waals surface area contributed by atoms with Gasteiger partial charge in [-0.3, -0.25) is 14.1 Å². The van der Waals surface area contributed by atoms with Gasteiger partial charge in [-0.05, 0) is 26.2 Å². The van der Waals surface area contributed by atoms with Crippen molar-refractivity contribution in [2.24, 2.45) is 0 Å². The maximum Gasteiger partial charge on any atom is 0.274 e. The smallest absolute Gasteiger partial charge is 0.274 e. The maximum atomic E-state index is 12.0. The molecule has 1 heterocycles. The van der Waals surface area contributed by atoms with Gasteiger partial charge in [-0.2, -0.15) is 5.10 Å². The summed E-state index contributed by atoms with van der Waals surface area (Å²) >= 11 is 0. The van der Waals surface area contributed by atoms with Gasteiger partial charge in [-0.15, -0.1) is 0 Å². The minimum atomic E-state index is -0.841. The molecular weight excluding hydrogens is 264 g/mol. The van der Waals surface area contributed by atoms with Crippen LogP contribution in [0.15, 0.2) is 0 Å². The standard InChI is InChI=1S/C12H20N4O2S/c1-7(5-6-19(2)18)14-12(17)11-9(13)10(15-16-11)8-3-4-8/h7-8H,3-6,13H2,1-2H3,(H,14,17)(H,15,16). The van der Waals surface area contributed by atoms with E-state index in [-0.39, 0.29) is 17.6 Å². The molecule has 4 N–H and O–H groups in total. The van der Waals surface area contributed by atoms with Crippen molar-refractivity contribution in [2.45, 2.75) is 38.1 Å². The molecule has 106 valence electrons. The first kappa shape index (κ1) is 14.0. The summed E-state index contributed by atoms with van der Waals surface area (Å²) in [6, 6.07) is -0.0446. The van der Waals surface area contributed by atoms with Crippen LogP contribution < -0.4 is 11.1 Å². The molecule has 19 heavy (non-hydrogen) atoms. The average molecular weight is 284 g/mol. The Bertz CT molecular complexity index is 496. The van der Waals surface area contributed by atoms with Crippen LogP contribution in [0.1, 0.15) is 48.3 Å². The third kappa shape index (κ3) is 3.56. The van der Waals surface area contributed by atoms with Crippen molar-refractivity contribution in [3.8, 4) is 0 Å². The van der Waals surface area contributed by atoms with E-state index in [4.69, 9.17) is 5.73 Å². The number of carbonyl (C=O) groups is 1. The number of nitrogen functional groups attached to an aromatic ring is 1. The highest BCUT2D eigenvalue weighted by atomic mass is 32.2. The molecule has 2 unspecified atom stereocenters. The molecule has 0 aromatic carbocycles. The fourth-order valence-electron chi connectivity index (χ4n) is 1.93. The van der Waals surface area contributed by atoms with Crippen molar-refractivity contribution in [1.29, 1.82) is 0 Å². The molecule has 2 rings (SSSR count). The van der Waals surface area contributed by atoms with Crippen molar-refractivity contribution < 1.29 is 9.00 Å². The van der Waals surface area contributed by atoms with Crippen LogP contribution in [-0.2, 0) is 10.8 Å². The highest BCUT2D eigenvalue weighted by Crippen LogP contribution is 2.42. The number of aromatic amines is 1. The minimum absolute atomic E-state index is 0.0446. The molecular formula is C12H20N4O2S. The number of aromatic nitrogens is 2. The molecule has 1 aromatic heterocycles. The molecule has 0 radical (unpaired) electrons. The number of anilines is 1. The first-order valence-corrected chi connectivity index (χ1v) is 8.16. The number of hydrogen-bond acceptors (Lipinski definition) is 4. The van der Waals surface area contributed by atoms with Gasteiger partial charge >= 0.3 is 0 Å². The topological polar surface area (TPSA) is 101 Å². The number of hydrogen-bond donors (Lipinski definition) is 3. The van der Waals surface area contributed by atoms with E-state index in [2.05, 4.69) is 15.5 Å². The Kier molecular flexibility index (Phi) is 4.24. The SMILES string of the molecule is CC(CCS(C)=O)NC(=O)c1n[nH]c(C2CC2)c1N. The van der Waals surface area contributed by atoms with Crippen LogP contribution in [0.2, 0.25) is 0 Å². The first-order valence-electron chi connectivity index (χ1n) is 6.43. The Morgan fingerprint density at radius 1 is 1.63 bits per heavy atom. The lowest BCUT2D eigenvalue weighted by Crippen LogP contribution is -2.34. The first-order chi connectivity index (χ1) is 8.99. The van der Waals surface area contributed by atoms with Gasteiger partial charge in [0.15, 0.2) is 5.69 Å². The molecule has 0 aliphatic heterocycles. The molecule has 1 aliphatic rings. The Balaban J connectivity index is 1.94. The summed E-state index contributed by atoms with van der Waals surface area (Å²) in [6.45, 7) is 1.88. The number of nitrogens with two attached hydrogens (primary N) is 1. The number of nitrogens with one attached hydrogen (secondary N) is 2. The monoisotopic (exact) mass is 284 g/mol. The van der Waals surface area contributed by atoms with Gasteiger partial charge < -0.3 is 11.1 Å². The molecule has 6 nitrogen and oxygen atoms in total. The van der Waals surface area contributed by atoms with E-state index in [0.29, 0.717) is 23.8 Å². The number of H-pyrrole nitrogens is 1. The summed E-state index contributed by atoms with van der Waals surface area (Å²) in [6.07, 6.45) is 4.54. The second kappa shape index (κ2) is 5.73. The second-order valence-corrected chi connectivity index (χ2v) is 6.67. The summed E-state index contributed by atoms with van der Waals surface area (Å²) in [5.41, 5.74) is 7.56. The lowest BCUT2D eigenvalue weighted by atomic mass is 10.2. The van der Waals surface area contributed by atoms with Gasteiger partial charge in [0, 0.05) is 34.8 Å². The van der Waals surface area contributed by atoms with E-state index >= 15 is 0 Å². The van der Waals surface area contributed by atoms with Gasteiger partial charge in [0.25, 0.3) is 5.91 Å². The van der Waals surface area contributed by atoms with Gasteiger partial charge in [0.05, 0.1) is 11.4 Å². The third-order valence-electron chi connectivity index (χ3n) is 3.25. The van der Waals surface area contributed by atoms with Gasteiger partial charge in [0.2, 0.25) is 0 Å². The number of nitrogens with zero attached hydrogens (tertiary/aromatic N) is 1. The molecule has 1 fully saturated rings.